The quantitative estimate of drug-likeness (QED) is 0.567. The number of anilines is 2. The van der Waals surface area contributed by atoms with Gasteiger partial charge in [0.05, 0.1) is 12.1 Å². The van der Waals surface area contributed by atoms with E-state index >= 15 is 0 Å². The summed E-state index contributed by atoms with van der Waals surface area (Å²) in [6, 6.07) is 0. The van der Waals surface area contributed by atoms with Gasteiger partial charge in [-0.15, -0.1) is 20.4 Å². The Balaban J connectivity index is 1.27. The van der Waals surface area contributed by atoms with Crippen molar-refractivity contribution in [3.05, 3.63) is 34.3 Å². The van der Waals surface area contributed by atoms with Gasteiger partial charge in [-0.2, -0.15) is 0 Å². The average molecular weight is 445 g/mol. The molecule has 2 atom stereocenters. The van der Waals surface area contributed by atoms with Crippen molar-refractivity contribution in [2.45, 2.75) is 44.9 Å². The van der Waals surface area contributed by atoms with Crippen LogP contribution in [0.2, 0.25) is 0 Å². The Morgan fingerprint density at radius 1 is 1.07 bits per heavy atom. The predicted octanol–water partition coefficient (Wildman–Crippen LogP) is 2.45. The van der Waals surface area contributed by atoms with Crippen molar-refractivity contribution >= 4 is 44.8 Å². The molecule has 3 heterocycles. The molecule has 156 valence electrons. The third-order valence-corrected chi connectivity index (χ3v) is 6.61. The molecule has 0 aromatic carbocycles. The van der Waals surface area contributed by atoms with Crippen molar-refractivity contribution < 1.29 is 9.59 Å². The van der Waals surface area contributed by atoms with Gasteiger partial charge in [-0.25, -0.2) is 0 Å². The highest BCUT2D eigenvalue weighted by molar-refractivity contribution is 7.15. The van der Waals surface area contributed by atoms with Gasteiger partial charge in [-0.05, 0) is 25.2 Å². The summed E-state index contributed by atoms with van der Waals surface area (Å²) < 4.78 is 0. The first kappa shape index (κ1) is 20.4. The number of rotatable bonds is 7. The zero-order valence-electron chi connectivity index (χ0n) is 16.2. The van der Waals surface area contributed by atoms with Crippen molar-refractivity contribution in [1.82, 2.24) is 30.4 Å². The lowest BCUT2D eigenvalue weighted by Gasteiger charge is -2.06. The van der Waals surface area contributed by atoms with E-state index in [-0.39, 0.29) is 18.2 Å². The highest BCUT2D eigenvalue weighted by atomic mass is 32.1. The smallest absolute Gasteiger partial charge is 0.232 e. The highest BCUT2D eigenvalue weighted by Gasteiger charge is 2.29. The molecule has 1 saturated carbocycles. The molecule has 0 aliphatic heterocycles. The fourth-order valence-corrected chi connectivity index (χ4v) is 5.28. The molecule has 2 N–H and O–H groups in total. The molecule has 10 nitrogen and oxygen atoms in total. The number of nitrogens with zero attached hydrogens (tertiary/aromatic N) is 6. The van der Waals surface area contributed by atoms with Gasteiger partial charge in [0.1, 0.15) is 10.0 Å². The maximum absolute atomic E-state index is 12.1. The van der Waals surface area contributed by atoms with E-state index in [1.54, 1.807) is 18.6 Å². The molecule has 3 aromatic heterocycles. The molecule has 4 rings (SSSR count). The van der Waals surface area contributed by atoms with E-state index in [2.05, 4.69) is 41.0 Å². The van der Waals surface area contributed by atoms with Gasteiger partial charge >= 0.3 is 0 Å². The van der Waals surface area contributed by atoms with E-state index in [1.165, 1.54) is 29.6 Å². The molecule has 0 unspecified atom stereocenters. The summed E-state index contributed by atoms with van der Waals surface area (Å²) in [7, 11) is 0. The van der Waals surface area contributed by atoms with E-state index < -0.39 is 0 Å². The van der Waals surface area contributed by atoms with Crippen molar-refractivity contribution in [2.75, 3.05) is 10.6 Å². The van der Waals surface area contributed by atoms with Crippen LogP contribution in [0, 0.1) is 5.92 Å². The zero-order valence-corrected chi connectivity index (χ0v) is 17.9. The van der Waals surface area contributed by atoms with E-state index in [0.717, 1.165) is 35.7 Å². The van der Waals surface area contributed by atoms with Crippen LogP contribution in [0.3, 0.4) is 0 Å². The lowest BCUT2D eigenvalue weighted by atomic mass is 10.0. The lowest BCUT2D eigenvalue weighted by molar-refractivity contribution is -0.116. The monoisotopic (exact) mass is 444 g/mol. The van der Waals surface area contributed by atoms with Crippen LogP contribution in [0.5, 0.6) is 0 Å². The van der Waals surface area contributed by atoms with Gasteiger partial charge in [0.25, 0.3) is 0 Å². The minimum Gasteiger partial charge on any atom is -0.301 e. The number of carbonyl (C=O) groups excluding carboxylic acids is 2. The average Bonchev–Trinajstić information content (AvgIpc) is 3.44. The summed E-state index contributed by atoms with van der Waals surface area (Å²) in [4.78, 5) is 31.3. The molecule has 1 fully saturated rings. The molecular formula is C18H20N8O2S2. The van der Waals surface area contributed by atoms with E-state index in [1.807, 2.05) is 0 Å². The van der Waals surface area contributed by atoms with Crippen LogP contribution >= 0.6 is 22.7 Å². The van der Waals surface area contributed by atoms with Crippen molar-refractivity contribution in [3.8, 4) is 0 Å². The topological polar surface area (TPSA) is 136 Å². The minimum atomic E-state index is -0.189. The van der Waals surface area contributed by atoms with Crippen LogP contribution in [0.1, 0.15) is 47.8 Å². The van der Waals surface area contributed by atoms with Gasteiger partial charge in [0.2, 0.25) is 22.1 Å². The van der Waals surface area contributed by atoms with E-state index in [9.17, 15) is 9.59 Å². The van der Waals surface area contributed by atoms with Crippen molar-refractivity contribution in [3.63, 3.8) is 0 Å². The summed E-state index contributed by atoms with van der Waals surface area (Å²) in [5.74, 6) is 0.511. The van der Waals surface area contributed by atoms with Gasteiger partial charge in [-0.3, -0.25) is 19.6 Å². The van der Waals surface area contributed by atoms with Crippen molar-refractivity contribution in [1.29, 1.82) is 0 Å². The Hall–Kier alpha value is -2.86. The first-order chi connectivity index (χ1) is 14.5. The van der Waals surface area contributed by atoms with Crippen LogP contribution in [0.25, 0.3) is 0 Å². The molecule has 1 aliphatic carbocycles. The maximum Gasteiger partial charge on any atom is 0.232 e. The zero-order chi connectivity index (χ0) is 20.9. The second-order valence-electron chi connectivity index (χ2n) is 7.13. The summed E-state index contributed by atoms with van der Waals surface area (Å²) in [6.07, 6.45) is 8.79. The summed E-state index contributed by atoms with van der Waals surface area (Å²) in [5, 5.41) is 25.0. The van der Waals surface area contributed by atoms with Crippen LogP contribution in [-0.2, 0) is 22.4 Å². The number of carbonyl (C=O) groups is 2. The minimum absolute atomic E-state index is 0.141. The number of hydrogen-bond donors (Lipinski definition) is 2. The summed E-state index contributed by atoms with van der Waals surface area (Å²) >= 11 is 2.85. The fraction of sp³-hybridized carbons (Fsp3) is 0.444. The van der Waals surface area contributed by atoms with Crippen LogP contribution in [-0.4, -0.2) is 42.2 Å². The predicted molar refractivity (Wildman–Crippen MR) is 112 cm³/mol. The molecule has 0 spiro atoms. The molecule has 1 aliphatic rings. The summed E-state index contributed by atoms with van der Waals surface area (Å²) in [5.41, 5.74) is 0.607. The molecule has 12 heteroatoms. The van der Waals surface area contributed by atoms with Crippen LogP contribution < -0.4 is 10.6 Å². The molecule has 0 saturated heterocycles. The first-order valence-electron chi connectivity index (χ1n) is 9.53. The Morgan fingerprint density at radius 3 is 2.70 bits per heavy atom. The number of aromatic nitrogens is 6. The van der Waals surface area contributed by atoms with Crippen molar-refractivity contribution in [2.24, 2.45) is 5.92 Å². The maximum atomic E-state index is 12.1. The van der Waals surface area contributed by atoms with E-state index in [0.29, 0.717) is 27.8 Å². The molecule has 0 bridgehead atoms. The van der Waals surface area contributed by atoms with Gasteiger partial charge in [0.15, 0.2) is 0 Å². The van der Waals surface area contributed by atoms with Crippen LogP contribution in [0.15, 0.2) is 18.6 Å². The number of amides is 2. The van der Waals surface area contributed by atoms with Gasteiger partial charge in [-0.1, -0.05) is 22.7 Å². The lowest BCUT2D eigenvalue weighted by Crippen LogP contribution is -2.15. The number of nitrogens with one attached hydrogen (secondary N) is 2. The normalized spacial score (nSPS) is 18.3. The molecular weight excluding hydrogens is 424 g/mol. The Kier molecular flexibility index (Phi) is 6.33. The molecule has 2 amide bonds. The Morgan fingerprint density at radius 2 is 1.90 bits per heavy atom. The molecule has 3 aromatic rings. The highest BCUT2D eigenvalue weighted by Crippen LogP contribution is 2.41. The van der Waals surface area contributed by atoms with E-state index in [4.69, 9.17) is 0 Å². The van der Waals surface area contributed by atoms with Gasteiger partial charge in [0, 0.05) is 37.9 Å². The largest absolute Gasteiger partial charge is 0.301 e. The summed E-state index contributed by atoms with van der Waals surface area (Å²) in [6.45, 7) is 1.46. The second-order valence-corrected chi connectivity index (χ2v) is 9.20. The van der Waals surface area contributed by atoms with Gasteiger partial charge < -0.3 is 10.6 Å². The third kappa shape index (κ3) is 5.39. The fourth-order valence-electron chi connectivity index (χ4n) is 3.47. The standard InChI is InChI=1S/C18H20N8O2S2/c1-10(27)21-17-26-24-16(30-17)12-3-2-11(6-12)7-15-23-25-18(29-15)22-14(28)8-13-9-19-4-5-20-13/h4-5,9,11-12H,2-3,6-8H2,1H3,(H,21,26,27)(H,22,25,28)/t11-,12+/m0/s1. The first-order valence-corrected chi connectivity index (χ1v) is 11.2. The SMILES string of the molecule is CC(=O)Nc1nnc([C@@H]2CC[C@H](Cc3nnc(NC(=O)Cc4cnccn4)s3)C2)s1. The third-order valence-electron chi connectivity index (χ3n) is 4.75. The molecule has 0 radical (unpaired) electrons. The Labute approximate surface area is 180 Å². The Bertz CT molecular complexity index is 1020. The molecule has 30 heavy (non-hydrogen) atoms. The second kappa shape index (κ2) is 9.30. The van der Waals surface area contributed by atoms with Crippen LogP contribution in [0.4, 0.5) is 10.3 Å². The number of hydrogen-bond acceptors (Lipinski definition) is 10.